The number of nitriles is 1. The van der Waals surface area contributed by atoms with E-state index in [-0.39, 0.29) is 6.42 Å². The monoisotopic (exact) mass is 274 g/mol. The minimum absolute atomic E-state index is 0.261. The molecule has 0 aliphatic carbocycles. The molecule has 0 aliphatic rings. The lowest BCUT2D eigenvalue weighted by Gasteiger charge is -2.13. The van der Waals surface area contributed by atoms with Crippen LogP contribution >= 0.6 is 0 Å². The standard InChI is InChI=1S/C14H14N2O2S/c1-2-12(10-15)19(17,18)16-14-9-5-7-11-6-3-4-8-13(11)14/h3-9,12,16H,2H2,1H3. The minimum Gasteiger partial charge on any atom is -0.282 e. The van der Waals surface area contributed by atoms with Gasteiger partial charge >= 0.3 is 0 Å². The second kappa shape index (κ2) is 5.29. The van der Waals surface area contributed by atoms with Crippen molar-refractivity contribution >= 4 is 26.5 Å². The molecule has 2 aromatic carbocycles. The Balaban J connectivity index is 2.45. The Hall–Kier alpha value is -2.06. The molecule has 1 unspecified atom stereocenters. The summed E-state index contributed by atoms with van der Waals surface area (Å²) in [7, 11) is -3.68. The molecule has 0 bridgehead atoms. The zero-order chi connectivity index (χ0) is 13.9. The van der Waals surface area contributed by atoms with Crippen LogP contribution < -0.4 is 4.72 Å². The molecule has 0 saturated carbocycles. The molecule has 1 atom stereocenters. The van der Waals surface area contributed by atoms with Gasteiger partial charge in [0.25, 0.3) is 0 Å². The Morgan fingerprint density at radius 1 is 1.21 bits per heavy atom. The fourth-order valence-electron chi connectivity index (χ4n) is 1.92. The SMILES string of the molecule is CCC(C#N)S(=O)(=O)Nc1cccc2ccccc12. The van der Waals surface area contributed by atoms with Gasteiger partial charge in [-0.25, -0.2) is 8.42 Å². The normalized spacial score (nSPS) is 12.8. The van der Waals surface area contributed by atoms with Gasteiger partial charge in [-0.1, -0.05) is 43.3 Å². The molecular weight excluding hydrogens is 260 g/mol. The third kappa shape index (κ3) is 2.69. The van der Waals surface area contributed by atoms with Crippen molar-refractivity contribution in [1.82, 2.24) is 0 Å². The van der Waals surface area contributed by atoms with Crippen LogP contribution in [0.25, 0.3) is 10.8 Å². The maximum atomic E-state index is 12.1. The summed E-state index contributed by atoms with van der Waals surface area (Å²) in [4.78, 5) is 0. The summed E-state index contributed by atoms with van der Waals surface area (Å²) in [6.45, 7) is 1.68. The van der Waals surface area contributed by atoms with Gasteiger partial charge in [0.15, 0.2) is 5.25 Å². The summed E-state index contributed by atoms with van der Waals surface area (Å²) in [5, 5.41) is 9.62. The Labute approximate surface area is 112 Å². The lowest BCUT2D eigenvalue weighted by atomic mass is 10.1. The minimum atomic E-state index is -3.68. The van der Waals surface area contributed by atoms with Crippen LogP contribution in [0.2, 0.25) is 0 Å². The van der Waals surface area contributed by atoms with Crippen LogP contribution in [-0.4, -0.2) is 13.7 Å². The molecule has 0 fully saturated rings. The van der Waals surface area contributed by atoms with E-state index in [2.05, 4.69) is 4.72 Å². The van der Waals surface area contributed by atoms with Gasteiger partial charge in [0.2, 0.25) is 10.0 Å². The number of sulfonamides is 1. The van der Waals surface area contributed by atoms with E-state index < -0.39 is 15.3 Å². The largest absolute Gasteiger partial charge is 0.282 e. The van der Waals surface area contributed by atoms with E-state index in [1.54, 1.807) is 19.1 Å². The number of anilines is 1. The van der Waals surface area contributed by atoms with Crippen molar-refractivity contribution in [1.29, 1.82) is 5.26 Å². The van der Waals surface area contributed by atoms with Crippen molar-refractivity contribution in [2.75, 3.05) is 4.72 Å². The molecule has 0 spiro atoms. The van der Waals surface area contributed by atoms with E-state index in [1.165, 1.54) is 0 Å². The highest BCUT2D eigenvalue weighted by molar-refractivity contribution is 7.93. The van der Waals surface area contributed by atoms with E-state index in [1.807, 2.05) is 36.4 Å². The first-order chi connectivity index (χ1) is 9.08. The fourth-order valence-corrected chi connectivity index (χ4v) is 3.12. The van der Waals surface area contributed by atoms with Crippen molar-refractivity contribution in [3.8, 4) is 6.07 Å². The predicted octanol–water partition coefficient (Wildman–Crippen LogP) is 2.88. The van der Waals surface area contributed by atoms with Gasteiger partial charge in [0.1, 0.15) is 0 Å². The Morgan fingerprint density at radius 3 is 2.58 bits per heavy atom. The first kappa shape index (κ1) is 13.4. The van der Waals surface area contributed by atoms with Crippen LogP contribution in [0, 0.1) is 11.3 Å². The van der Waals surface area contributed by atoms with Crippen molar-refractivity contribution in [2.24, 2.45) is 0 Å². The number of nitrogens with zero attached hydrogens (tertiary/aromatic N) is 1. The lowest BCUT2D eigenvalue weighted by Crippen LogP contribution is -2.26. The van der Waals surface area contributed by atoms with Gasteiger partial charge in [0.05, 0.1) is 11.8 Å². The zero-order valence-corrected chi connectivity index (χ0v) is 11.3. The summed E-state index contributed by atoms with van der Waals surface area (Å²) in [6.07, 6.45) is 0.261. The van der Waals surface area contributed by atoms with E-state index in [0.717, 1.165) is 10.8 Å². The van der Waals surface area contributed by atoms with E-state index in [9.17, 15) is 8.42 Å². The smallest absolute Gasteiger partial charge is 0.249 e. The summed E-state index contributed by atoms with van der Waals surface area (Å²) in [6, 6.07) is 14.7. The van der Waals surface area contributed by atoms with Crippen LogP contribution in [0.1, 0.15) is 13.3 Å². The summed E-state index contributed by atoms with van der Waals surface area (Å²) >= 11 is 0. The Bertz CT molecular complexity index is 727. The van der Waals surface area contributed by atoms with Gasteiger partial charge in [-0.05, 0) is 17.9 Å². The van der Waals surface area contributed by atoms with Gasteiger partial charge < -0.3 is 0 Å². The first-order valence-electron chi connectivity index (χ1n) is 5.97. The molecule has 5 heteroatoms. The van der Waals surface area contributed by atoms with Gasteiger partial charge in [-0.2, -0.15) is 5.26 Å². The first-order valence-corrected chi connectivity index (χ1v) is 7.52. The third-order valence-corrected chi connectivity index (χ3v) is 4.62. The molecule has 0 amide bonds. The molecule has 0 aliphatic heterocycles. The Morgan fingerprint density at radius 2 is 1.89 bits per heavy atom. The molecule has 2 aromatic rings. The summed E-state index contributed by atoms with van der Waals surface area (Å²) < 4.78 is 26.7. The van der Waals surface area contributed by atoms with Gasteiger partial charge in [-0.3, -0.25) is 4.72 Å². The second-order valence-electron chi connectivity index (χ2n) is 4.20. The van der Waals surface area contributed by atoms with E-state index >= 15 is 0 Å². The summed E-state index contributed by atoms with van der Waals surface area (Å²) in [5.41, 5.74) is 0.506. The average Bonchev–Trinajstić information content (AvgIpc) is 2.40. The number of rotatable bonds is 4. The molecule has 0 saturated heterocycles. The number of hydrogen-bond donors (Lipinski definition) is 1. The van der Waals surface area contributed by atoms with Crippen molar-refractivity contribution in [3.05, 3.63) is 42.5 Å². The van der Waals surface area contributed by atoms with Crippen LogP contribution in [0.4, 0.5) is 5.69 Å². The lowest BCUT2D eigenvalue weighted by molar-refractivity contribution is 0.593. The molecule has 98 valence electrons. The quantitative estimate of drug-likeness (QED) is 0.932. The third-order valence-electron chi connectivity index (χ3n) is 2.93. The molecule has 4 nitrogen and oxygen atoms in total. The number of benzene rings is 2. The van der Waals surface area contributed by atoms with Gasteiger partial charge in [0, 0.05) is 5.39 Å². The highest BCUT2D eigenvalue weighted by Gasteiger charge is 2.23. The van der Waals surface area contributed by atoms with Gasteiger partial charge in [-0.15, -0.1) is 0 Å². The molecule has 0 aromatic heterocycles. The van der Waals surface area contributed by atoms with Crippen LogP contribution in [-0.2, 0) is 10.0 Å². The van der Waals surface area contributed by atoms with Crippen LogP contribution in [0.5, 0.6) is 0 Å². The second-order valence-corrected chi connectivity index (χ2v) is 6.06. The maximum Gasteiger partial charge on any atom is 0.249 e. The fraction of sp³-hybridized carbons (Fsp3) is 0.214. The highest BCUT2D eigenvalue weighted by atomic mass is 32.2. The van der Waals surface area contributed by atoms with E-state index in [0.29, 0.717) is 5.69 Å². The number of nitrogens with one attached hydrogen (secondary N) is 1. The van der Waals surface area contributed by atoms with Crippen molar-refractivity contribution < 1.29 is 8.42 Å². The molecule has 0 radical (unpaired) electrons. The molecular formula is C14H14N2O2S. The summed E-state index contributed by atoms with van der Waals surface area (Å²) in [5.74, 6) is 0. The molecule has 2 rings (SSSR count). The molecule has 19 heavy (non-hydrogen) atoms. The Kier molecular flexibility index (Phi) is 3.72. The van der Waals surface area contributed by atoms with Crippen LogP contribution in [0.3, 0.4) is 0 Å². The zero-order valence-electron chi connectivity index (χ0n) is 10.5. The van der Waals surface area contributed by atoms with Crippen molar-refractivity contribution in [2.45, 2.75) is 18.6 Å². The van der Waals surface area contributed by atoms with Crippen molar-refractivity contribution in [3.63, 3.8) is 0 Å². The number of fused-ring (bicyclic) bond motifs is 1. The maximum absolute atomic E-state index is 12.1. The highest BCUT2D eigenvalue weighted by Crippen LogP contribution is 2.24. The average molecular weight is 274 g/mol. The molecule has 0 heterocycles. The predicted molar refractivity (Wildman–Crippen MR) is 76.2 cm³/mol. The topological polar surface area (TPSA) is 70.0 Å². The van der Waals surface area contributed by atoms with Crippen LogP contribution in [0.15, 0.2) is 42.5 Å². The molecule has 1 N–H and O–H groups in total. The van der Waals surface area contributed by atoms with E-state index in [4.69, 9.17) is 5.26 Å². The number of hydrogen-bond acceptors (Lipinski definition) is 3.